The van der Waals surface area contributed by atoms with Crippen LogP contribution < -0.4 is 4.74 Å². The number of hydrogen-bond donors (Lipinski definition) is 2. The predicted molar refractivity (Wildman–Crippen MR) is 91.1 cm³/mol. The van der Waals surface area contributed by atoms with Crippen molar-refractivity contribution in [3.63, 3.8) is 0 Å². The number of esters is 1. The molecule has 25 heavy (non-hydrogen) atoms. The van der Waals surface area contributed by atoms with Crippen molar-refractivity contribution >= 4 is 11.9 Å². The third-order valence-corrected chi connectivity index (χ3v) is 3.43. The Morgan fingerprint density at radius 3 is 2.20 bits per heavy atom. The Kier molecular flexibility index (Phi) is 5.02. The van der Waals surface area contributed by atoms with Crippen molar-refractivity contribution < 1.29 is 29.3 Å². The van der Waals surface area contributed by atoms with E-state index in [1.807, 2.05) is 19.1 Å². The topological polar surface area (TPSA) is 93.1 Å². The van der Waals surface area contributed by atoms with Gasteiger partial charge in [0.05, 0.1) is 0 Å². The highest BCUT2D eigenvalue weighted by atomic mass is 16.7. The zero-order valence-corrected chi connectivity index (χ0v) is 14.5. The number of carboxylic acids is 1. The highest BCUT2D eigenvalue weighted by Crippen LogP contribution is 2.31. The van der Waals surface area contributed by atoms with Crippen molar-refractivity contribution in [2.45, 2.75) is 33.5 Å². The Morgan fingerprint density at radius 1 is 1.00 bits per heavy atom. The summed E-state index contributed by atoms with van der Waals surface area (Å²) in [7, 11) is 0. The molecule has 0 atom stereocenters. The molecule has 1 heterocycles. The first-order valence-corrected chi connectivity index (χ1v) is 7.65. The quantitative estimate of drug-likeness (QED) is 0.767. The van der Waals surface area contributed by atoms with E-state index < -0.39 is 11.8 Å². The largest absolute Gasteiger partial charge is 0.507 e. The molecular formula is C19H20O6. The van der Waals surface area contributed by atoms with Gasteiger partial charge < -0.3 is 19.7 Å². The number of aryl methyl sites for hydroxylation is 2. The van der Waals surface area contributed by atoms with Crippen LogP contribution in [-0.4, -0.2) is 27.9 Å². The van der Waals surface area contributed by atoms with E-state index in [1.54, 1.807) is 32.9 Å². The van der Waals surface area contributed by atoms with Crippen LogP contribution in [0.3, 0.4) is 0 Å². The Balaban J connectivity index is 0.000000186. The number of aromatic hydroxyl groups is 1. The standard InChI is InChI=1S/C11H12O3.C8H8O3/c1-7-4-5-8-9(6-7)13-11(2,3)14-10(8)12;1-5-2-3-6(8(10)11)7(9)4-5/h4-6H,1-3H3;2-4,9H,1H3,(H,10,11). The number of carboxylic acid groups (broad SMARTS) is 1. The van der Waals surface area contributed by atoms with E-state index in [1.165, 1.54) is 12.1 Å². The molecule has 0 radical (unpaired) electrons. The first-order chi connectivity index (χ1) is 11.6. The number of phenols is 1. The maximum absolute atomic E-state index is 11.5. The van der Waals surface area contributed by atoms with E-state index in [-0.39, 0.29) is 17.3 Å². The third kappa shape index (κ3) is 4.50. The molecule has 0 aromatic heterocycles. The molecule has 0 bridgehead atoms. The van der Waals surface area contributed by atoms with Crippen molar-refractivity contribution in [2.24, 2.45) is 0 Å². The van der Waals surface area contributed by atoms with E-state index in [0.29, 0.717) is 11.3 Å². The fourth-order valence-electron chi connectivity index (χ4n) is 2.27. The summed E-state index contributed by atoms with van der Waals surface area (Å²) in [6.45, 7) is 7.17. The van der Waals surface area contributed by atoms with Gasteiger partial charge in [-0.2, -0.15) is 0 Å². The Morgan fingerprint density at radius 2 is 1.60 bits per heavy atom. The minimum absolute atomic E-state index is 0.0596. The van der Waals surface area contributed by atoms with Crippen molar-refractivity contribution in [3.8, 4) is 11.5 Å². The van der Waals surface area contributed by atoms with Crippen LogP contribution in [0, 0.1) is 13.8 Å². The fraction of sp³-hybridized carbons (Fsp3) is 0.263. The minimum Gasteiger partial charge on any atom is -0.507 e. The molecule has 0 amide bonds. The molecule has 3 rings (SSSR count). The van der Waals surface area contributed by atoms with Crippen LogP contribution in [0.2, 0.25) is 0 Å². The third-order valence-electron chi connectivity index (χ3n) is 3.43. The number of fused-ring (bicyclic) bond motifs is 1. The monoisotopic (exact) mass is 344 g/mol. The molecule has 6 nitrogen and oxygen atoms in total. The maximum atomic E-state index is 11.5. The summed E-state index contributed by atoms with van der Waals surface area (Å²) in [4.78, 5) is 21.9. The van der Waals surface area contributed by atoms with Gasteiger partial charge in [0.1, 0.15) is 22.6 Å². The molecule has 0 aliphatic carbocycles. The Hall–Kier alpha value is -3.02. The number of rotatable bonds is 1. The summed E-state index contributed by atoms with van der Waals surface area (Å²) in [5.41, 5.74) is 2.34. The highest BCUT2D eigenvalue weighted by molar-refractivity contribution is 5.93. The molecule has 0 fully saturated rings. The average Bonchev–Trinajstić information content (AvgIpc) is 2.45. The average molecular weight is 344 g/mol. The fourth-order valence-corrected chi connectivity index (χ4v) is 2.27. The molecule has 132 valence electrons. The summed E-state index contributed by atoms with van der Waals surface area (Å²) in [6, 6.07) is 9.88. The van der Waals surface area contributed by atoms with Crippen LogP contribution >= 0.6 is 0 Å². The lowest BCUT2D eigenvalue weighted by atomic mass is 10.1. The van der Waals surface area contributed by atoms with E-state index in [9.17, 15) is 9.59 Å². The summed E-state index contributed by atoms with van der Waals surface area (Å²) in [6.07, 6.45) is 0. The number of cyclic esters (lactones) is 1. The van der Waals surface area contributed by atoms with Gasteiger partial charge in [-0.25, -0.2) is 9.59 Å². The molecule has 1 aliphatic heterocycles. The summed E-state index contributed by atoms with van der Waals surface area (Å²) in [5, 5.41) is 17.6. The van der Waals surface area contributed by atoms with Crippen LogP contribution in [0.4, 0.5) is 0 Å². The van der Waals surface area contributed by atoms with Crippen molar-refractivity contribution in [2.75, 3.05) is 0 Å². The number of benzene rings is 2. The molecule has 6 heteroatoms. The number of hydrogen-bond acceptors (Lipinski definition) is 5. The summed E-state index contributed by atoms with van der Waals surface area (Å²) in [5.74, 6) is -1.87. The number of ether oxygens (including phenoxy) is 2. The smallest absolute Gasteiger partial charge is 0.345 e. The molecule has 0 saturated carbocycles. The Bertz CT molecular complexity index is 823. The second-order valence-electron chi connectivity index (χ2n) is 6.22. The maximum Gasteiger partial charge on any atom is 0.345 e. The van der Waals surface area contributed by atoms with Gasteiger partial charge in [0.25, 0.3) is 0 Å². The van der Waals surface area contributed by atoms with Gasteiger partial charge in [0.2, 0.25) is 5.79 Å². The van der Waals surface area contributed by atoms with E-state index in [4.69, 9.17) is 19.7 Å². The highest BCUT2D eigenvalue weighted by Gasteiger charge is 2.33. The van der Waals surface area contributed by atoms with Crippen molar-refractivity contribution in [1.29, 1.82) is 0 Å². The summed E-state index contributed by atoms with van der Waals surface area (Å²) >= 11 is 0. The first-order valence-electron chi connectivity index (χ1n) is 7.65. The van der Waals surface area contributed by atoms with Gasteiger partial charge in [-0.15, -0.1) is 0 Å². The second-order valence-corrected chi connectivity index (χ2v) is 6.22. The normalized spacial score (nSPS) is 14.3. The molecule has 2 aromatic rings. The van der Waals surface area contributed by atoms with Crippen molar-refractivity contribution in [1.82, 2.24) is 0 Å². The number of aromatic carboxylic acids is 1. The molecule has 2 N–H and O–H groups in total. The molecule has 0 saturated heterocycles. The Labute approximate surface area is 145 Å². The van der Waals surface area contributed by atoms with E-state index in [0.717, 1.165) is 11.1 Å². The van der Waals surface area contributed by atoms with Crippen molar-refractivity contribution in [3.05, 3.63) is 58.7 Å². The first kappa shape index (κ1) is 18.3. The van der Waals surface area contributed by atoms with Gasteiger partial charge in [-0.1, -0.05) is 12.1 Å². The molecule has 1 aliphatic rings. The zero-order chi connectivity index (χ0) is 18.8. The van der Waals surface area contributed by atoms with Gasteiger partial charge in [-0.3, -0.25) is 0 Å². The van der Waals surface area contributed by atoms with Crippen LogP contribution in [0.1, 0.15) is 45.7 Å². The van der Waals surface area contributed by atoms with E-state index >= 15 is 0 Å². The number of carbonyl (C=O) groups excluding carboxylic acids is 1. The van der Waals surface area contributed by atoms with Gasteiger partial charge >= 0.3 is 11.9 Å². The van der Waals surface area contributed by atoms with Crippen LogP contribution in [0.15, 0.2) is 36.4 Å². The van der Waals surface area contributed by atoms with Gasteiger partial charge in [0.15, 0.2) is 0 Å². The van der Waals surface area contributed by atoms with E-state index in [2.05, 4.69) is 0 Å². The van der Waals surface area contributed by atoms with Gasteiger partial charge in [0, 0.05) is 13.8 Å². The lowest BCUT2D eigenvalue weighted by molar-refractivity contribution is -0.127. The minimum atomic E-state index is -1.11. The second kappa shape index (κ2) is 6.84. The lowest BCUT2D eigenvalue weighted by Crippen LogP contribution is -2.38. The van der Waals surface area contributed by atoms with Crippen LogP contribution in [0.25, 0.3) is 0 Å². The molecule has 2 aromatic carbocycles. The number of carbonyl (C=O) groups is 2. The lowest BCUT2D eigenvalue weighted by Gasteiger charge is -2.31. The predicted octanol–water partition coefficient (Wildman–Crippen LogP) is 3.68. The van der Waals surface area contributed by atoms with Gasteiger partial charge in [-0.05, 0) is 49.2 Å². The SMILES string of the molecule is Cc1ccc(C(=O)O)c(O)c1.Cc1ccc2c(c1)OC(C)(C)OC2=O. The van der Waals surface area contributed by atoms with Crippen LogP contribution in [0.5, 0.6) is 11.5 Å². The molecular weight excluding hydrogens is 324 g/mol. The summed E-state index contributed by atoms with van der Waals surface area (Å²) < 4.78 is 10.6. The zero-order valence-electron chi connectivity index (χ0n) is 14.5. The van der Waals surface area contributed by atoms with Crippen LogP contribution in [-0.2, 0) is 4.74 Å². The molecule has 0 spiro atoms. The molecule has 0 unspecified atom stereocenters.